The van der Waals surface area contributed by atoms with Crippen molar-refractivity contribution in [2.45, 2.75) is 89.5 Å². The van der Waals surface area contributed by atoms with Gasteiger partial charge >= 0.3 is 5.97 Å². The number of amides is 4. The number of hydrogen-bond acceptors (Lipinski definition) is 7. The summed E-state index contributed by atoms with van der Waals surface area (Å²) in [5.74, 6) is -2.34. The van der Waals surface area contributed by atoms with Crippen LogP contribution in [0.3, 0.4) is 0 Å². The van der Waals surface area contributed by atoms with Gasteiger partial charge in [0, 0.05) is 80.7 Å². The number of nitrogens with one attached hydrogen (secondary N) is 3. The van der Waals surface area contributed by atoms with Crippen molar-refractivity contribution in [3.8, 4) is 0 Å². The van der Waals surface area contributed by atoms with Gasteiger partial charge in [0.05, 0.1) is 18.4 Å². The van der Waals surface area contributed by atoms with E-state index in [2.05, 4.69) is 153 Å². The Labute approximate surface area is 352 Å². The number of carbonyl (C=O) groups is 5. The quantitative estimate of drug-likeness (QED) is 0.0722. The highest BCUT2D eigenvalue weighted by Gasteiger charge is 2.48. The van der Waals surface area contributed by atoms with Crippen LogP contribution < -0.4 is 20.4 Å². The Balaban J connectivity index is 0.935. The summed E-state index contributed by atoms with van der Waals surface area (Å²) in [5.41, 5.74) is 6.18. The summed E-state index contributed by atoms with van der Waals surface area (Å²) >= 11 is 0. The smallest absolute Gasteiger partial charge is 0.333 e. The summed E-state index contributed by atoms with van der Waals surface area (Å²) in [6, 6.07) is 26.3. The second-order valence-electron chi connectivity index (χ2n) is 17.1. The van der Waals surface area contributed by atoms with E-state index in [1.54, 1.807) is 0 Å². The Bertz CT molecular complexity index is 2410. The highest BCUT2D eigenvalue weighted by molar-refractivity contribution is 6.01. The van der Waals surface area contributed by atoms with Crippen LogP contribution in [0.1, 0.15) is 83.8 Å². The zero-order valence-corrected chi connectivity index (χ0v) is 35.3. The van der Waals surface area contributed by atoms with Crippen molar-refractivity contribution in [2.75, 3.05) is 31.6 Å². The first-order valence-corrected chi connectivity index (χ1v) is 21.1. The number of nitrogens with zero attached hydrogens (tertiary/aromatic N) is 2. The third kappa shape index (κ3) is 8.49. The fourth-order valence-corrected chi connectivity index (χ4v) is 9.40. The van der Waals surface area contributed by atoms with Gasteiger partial charge in [0.15, 0.2) is 0 Å². The molecule has 0 bridgehead atoms. The van der Waals surface area contributed by atoms with E-state index in [0.717, 1.165) is 6.54 Å². The molecule has 1 fully saturated rings. The van der Waals surface area contributed by atoms with Crippen LogP contribution in [0.25, 0.3) is 21.5 Å². The molecule has 4 aromatic carbocycles. The summed E-state index contributed by atoms with van der Waals surface area (Å²) in [6.07, 6.45) is 12.3. The van der Waals surface area contributed by atoms with E-state index in [9.17, 15) is 24.0 Å². The van der Waals surface area contributed by atoms with Gasteiger partial charge in [-0.1, -0.05) is 86.7 Å². The zero-order valence-electron chi connectivity index (χ0n) is 35.3. The molecule has 0 aliphatic carbocycles. The first kappa shape index (κ1) is 42.1. The molecule has 312 valence electrons. The average Bonchev–Trinajstić information content (AvgIpc) is 3.74. The van der Waals surface area contributed by atoms with E-state index in [0.29, 0.717) is 37.4 Å². The van der Waals surface area contributed by atoms with Crippen molar-refractivity contribution in [1.82, 2.24) is 15.7 Å². The Kier molecular flexibility index (Phi) is 12.4. The number of allylic oxidation sites excluding steroid dienone is 5. The number of rotatable bonds is 15. The Hall–Kier alpha value is -6.07. The van der Waals surface area contributed by atoms with Crippen LogP contribution >= 0.6 is 0 Å². The molecule has 4 amide bonds. The minimum absolute atomic E-state index is 0.00917. The maximum Gasteiger partial charge on any atom is 0.333 e. The lowest BCUT2D eigenvalue weighted by molar-refractivity contribution is -0.850. The molecule has 3 N–H and O–H groups in total. The standard InChI is InChI=1S/C49H55N5O6/c1-48(2)39(52(5)37-24-22-33-15-9-11-17-35(33)46(37)48)19-7-6-8-20-40-49(3,4)47-36-18-12-10-16-34(36)23-25-38(47)53(40)32-13-21-41(55)50-30-14-31-51-42(56)26-29-45(59)60-54-43(57)27-28-44(54)58/h6-12,15-20,22-25,40H,13-14,21,26-32H2,1-5H3,(H,50,55)(H,51,56)/p+1/b7-6+,20-8+,39-19+. The second-order valence-corrected chi connectivity index (χ2v) is 17.1. The molecule has 0 aromatic heterocycles. The maximum absolute atomic E-state index is 12.9. The first-order valence-electron chi connectivity index (χ1n) is 21.1. The number of fused-ring (bicyclic) bond motifs is 6. The predicted molar refractivity (Wildman–Crippen MR) is 234 cm³/mol. The molecule has 0 spiro atoms. The normalized spacial score (nSPS) is 19.9. The van der Waals surface area contributed by atoms with Gasteiger partial charge in [-0.2, -0.15) is 0 Å². The second kappa shape index (κ2) is 17.6. The first-order chi connectivity index (χ1) is 28.8. The summed E-state index contributed by atoms with van der Waals surface area (Å²) < 4.78 is 0. The molecule has 60 heavy (non-hydrogen) atoms. The minimum atomic E-state index is -0.817. The van der Waals surface area contributed by atoms with E-state index < -0.39 is 17.8 Å². The molecule has 1 saturated heterocycles. The number of imide groups is 1. The number of hydrogen-bond donors (Lipinski definition) is 3. The van der Waals surface area contributed by atoms with Crippen molar-refractivity contribution in [3.05, 3.63) is 120 Å². The summed E-state index contributed by atoms with van der Waals surface area (Å²) in [5, 5.41) is 11.2. The summed E-state index contributed by atoms with van der Waals surface area (Å²) in [6.45, 7) is 10.8. The lowest BCUT2D eigenvalue weighted by Crippen LogP contribution is -3.10. The Morgan fingerprint density at radius 1 is 0.750 bits per heavy atom. The molecule has 0 saturated carbocycles. The summed E-state index contributed by atoms with van der Waals surface area (Å²) in [7, 11) is 2.15. The van der Waals surface area contributed by atoms with E-state index in [1.165, 1.54) is 54.6 Å². The maximum atomic E-state index is 12.9. The molecule has 7 rings (SSSR count). The van der Waals surface area contributed by atoms with Crippen molar-refractivity contribution in [2.24, 2.45) is 0 Å². The number of hydroxylamine groups is 2. The van der Waals surface area contributed by atoms with Crippen LogP contribution in [0.4, 0.5) is 11.4 Å². The van der Waals surface area contributed by atoms with Crippen molar-refractivity contribution in [1.29, 1.82) is 0 Å². The van der Waals surface area contributed by atoms with E-state index >= 15 is 0 Å². The average molecular weight is 811 g/mol. The van der Waals surface area contributed by atoms with Crippen molar-refractivity contribution in [3.63, 3.8) is 0 Å². The van der Waals surface area contributed by atoms with Crippen LogP contribution in [0.5, 0.6) is 0 Å². The molecular formula is C49H56N5O6+. The van der Waals surface area contributed by atoms with Crippen LogP contribution in [-0.4, -0.2) is 67.4 Å². The molecule has 11 heteroatoms. The lowest BCUT2D eigenvalue weighted by atomic mass is 9.78. The van der Waals surface area contributed by atoms with E-state index in [1.807, 2.05) is 0 Å². The minimum Gasteiger partial charge on any atom is -0.356 e. The zero-order chi connectivity index (χ0) is 42.6. The van der Waals surface area contributed by atoms with Gasteiger partial charge in [-0.3, -0.25) is 24.1 Å². The fourth-order valence-electron chi connectivity index (χ4n) is 9.40. The predicted octanol–water partition coefficient (Wildman–Crippen LogP) is 6.38. The lowest BCUT2D eigenvalue weighted by Gasteiger charge is -2.27. The molecule has 0 radical (unpaired) electrons. The van der Waals surface area contributed by atoms with Gasteiger partial charge in [0.25, 0.3) is 11.8 Å². The van der Waals surface area contributed by atoms with Crippen LogP contribution in [0.15, 0.2) is 109 Å². The number of anilines is 1. The van der Waals surface area contributed by atoms with E-state index in [-0.39, 0.29) is 54.4 Å². The third-order valence-electron chi connectivity index (χ3n) is 12.4. The Morgan fingerprint density at radius 3 is 2.05 bits per heavy atom. The topological polar surface area (TPSA) is 130 Å². The van der Waals surface area contributed by atoms with Crippen molar-refractivity contribution < 1.29 is 33.7 Å². The molecule has 4 aromatic rings. The van der Waals surface area contributed by atoms with Crippen LogP contribution in [0.2, 0.25) is 0 Å². The molecule has 2 unspecified atom stereocenters. The number of quaternary nitrogens is 1. The molecule has 3 heterocycles. The van der Waals surface area contributed by atoms with Crippen LogP contribution in [0, 0.1) is 0 Å². The summed E-state index contributed by atoms with van der Waals surface area (Å²) in [4.78, 5) is 68.8. The number of likely N-dealkylation sites (N-methyl/N-ethyl adjacent to an activating group) is 1. The molecule has 11 nitrogen and oxygen atoms in total. The third-order valence-corrected chi connectivity index (χ3v) is 12.4. The van der Waals surface area contributed by atoms with Crippen LogP contribution in [-0.2, 0) is 39.6 Å². The molecule has 3 aliphatic heterocycles. The fraction of sp³-hybridized carbons (Fsp3) is 0.367. The van der Waals surface area contributed by atoms with E-state index in [4.69, 9.17) is 4.84 Å². The van der Waals surface area contributed by atoms with Crippen molar-refractivity contribution >= 4 is 62.5 Å². The molecular weight excluding hydrogens is 755 g/mol. The largest absolute Gasteiger partial charge is 0.356 e. The number of benzene rings is 4. The molecule has 3 aliphatic rings. The van der Waals surface area contributed by atoms with Gasteiger partial charge in [0.2, 0.25) is 11.8 Å². The van der Waals surface area contributed by atoms with Gasteiger partial charge in [-0.25, -0.2) is 4.79 Å². The van der Waals surface area contributed by atoms with Gasteiger partial charge < -0.3 is 20.4 Å². The van der Waals surface area contributed by atoms with Gasteiger partial charge in [-0.05, 0) is 71.7 Å². The highest BCUT2D eigenvalue weighted by Crippen LogP contribution is 2.50. The monoisotopic (exact) mass is 810 g/mol. The van der Waals surface area contributed by atoms with Gasteiger partial charge in [-0.15, -0.1) is 5.06 Å². The number of carbonyl (C=O) groups excluding carboxylic acids is 5. The SMILES string of the molecule is CN1/C(=C/C=C/C=C/C2[NH+](CCCC(=O)NCCCNC(=O)CCC(=O)ON3C(=O)CCC3=O)c3ccc4ccccc4c3C2(C)C)C(C)(C)c2c1ccc1ccccc21. The Morgan fingerprint density at radius 2 is 1.37 bits per heavy atom. The van der Waals surface area contributed by atoms with Gasteiger partial charge in [0.1, 0.15) is 11.7 Å². The highest BCUT2D eigenvalue weighted by atomic mass is 16.7. The molecule has 2 atom stereocenters.